The first kappa shape index (κ1) is 11.7. The summed E-state index contributed by atoms with van der Waals surface area (Å²) in [6.07, 6.45) is 3.30. The molecular formula is C11H20N2S. The maximum atomic E-state index is 4.58. The zero-order valence-corrected chi connectivity index (χ0v) is 10.2. The summed E-state index contributed by atoms with van der Waals surface area (Å²) in [5.41, 5.74) is 1.23. The van der Waals surface area contributed by atoms with Crippen LogP contribution in [0.5, 0.6) is 0 Å². The van der Waals surface area contributed by atoms with Crippen LogP contribution in [0.4, 0.5) is 0 Å². The Kier molecular flexibility index (Phi) is 5.12. The number of aromatic nitrogens is 1. The monoisotopic (exact) mass is 212 g/mol. The number of nitrogens with zero attached hydrogens (tertiary/aromatic N) is 1. The molecule has 2 nitrogen and oxygen atoms in total. The lowest BCUT2D eigenvalue weighted by molar-refractivity contribution is 0.509. The molecule has 80 valence electrons. The Morgan fingerprint density at radius 3 is 2.71 bits per heavy atom. The number of hydrogen-bond acceptors (Lipinski definition) is 3. The van der Waals surface area contributed by atoms with Gasteiger partial charge in [0.25, 0.3) is 0 Å². The van der Waals surface area contributed by atoms with Gasteiger partial charge >= 0.3 is 0 Å². The Hall–Kier alpha value is -0.410. The minimum atomic E-state index is 0.593. The molecule has 0 fully saturated rings. The summed E-state index contributed by atoms with van der Waals surface area (Å²) < 4.78 is 0. The highest BCUT2D eigenvalue weighted by molar-refractivity contribution is 7.09. The molecular weight excluding hydrogens is 192 g/mol. The number of nitrogens with one attached hydrogen (secondary N) is 1. The van der Waals surface area contributed by atoms with Gasteiger partial charge in [0.2, 0.25) is 0 Å². The third kappa shape index (κ3) is 3.39. The van der Waals surface area contributed by atoms with E-state index in [1.54, 1.807) is 11.3 Å². The van der Waals surface area contributed by atoms with E-state index in [-0.39, 0.29) is 0 Å². The van der Waals surface area contributed by atoms with Crippen LogP contribution < -0.4 is 5.32 Å². The van der Waals surface area contributed by atoms with Crippen LogP contribution in [0.15, 0.2) is 5.38 Å². The minimum absolute atomic E-state index is 0.593. The molecule has 0 aromatic carbocycles. The first-order valence-corrected chi connectivity index (χ1v) is 6.34. The van der Waals surface area contributed by atoms with Gasteiger partial charge in [-0.2, -0.15) is 0 Å². The third-order valence-corrected chi connectivity index (χ3v) is 3.29. The second-order valence-electron chi connectivity index (χ2n) is 3.45. The lowest BCUT2D eigenvalue weighted by atomic mass is 10.1. The van der Waals surface area contributed by atoms with E-state index >= 15 is 0 Å². The standard InChI is InChI=1S/C11H20N2S/c1-4-9(12-6-3)7-11-13-10(5-2)8-14-11/h8-9,12H,4-7H2,1-3H3. The lowest BCUT2D eigenvalue weighted by Gasteiger charge is -2.13. The lowest BCUT2D eigenvalue weighted by Crippen LogP contribution is -2.30. The van der Waals surface area contributed by atoms with Crippen molar-refractivity contribution in [1.82, 2.24) is 10.3 Å². The van der Waals surface area contributed by atoms with E-state index in [0.29, 0.717) is 6.04 Å². The first-order valence-electron chi connectivity index (χ1n) is 5.46. The Balaban J connectivity index is 2.48. The van der Waals surface area contributed by atoms with Crippen LogP contribution in [0.2, 0.25) is 0 Å². The average molecular weight is 212 g/mol. The molecule has 14 heavy (non-hydrogen) atoms. The number of hydrogen-bond donors (Lipinski definition) is 1. The molecule has 0 saturated heterocycles. The van der Waals surface area contributed by atoms with Gasteiger partial charge in [0.1, 0.15) is 0 Å². The molecule has 1 atom stereocenters. The highest BCUT2D eigenvalue weighted by Crippen LogP contribution is 2.13. The zero-order chi connectivity index (χ0) is 10.4. The fourth-order valence-corrected chi connectivity index (χ4v) is 2.42. The number of rotatable bonds is 6. The molecule has 3 heteroatoms. The van der Waals surface area contributed by atoms with E-state index in [0.717, 1.165) is 19.4 Å². The van der Waals surface area contributed by atoms with Crippen molar-refractivity contribution in [2.75, 3.05) is 6.54 Å². The van der Waals surface area contributed by atoms with Gasteiger partial charge in [0, 0.05) is 17.8 Å². The van der Waals surface area contributed by atoms with Gasteiger partial charge in [-0.05, 0) is 19.4 Å². The molecule has 0 saturated carbocycles. The van der Waals surface area contributed by atoms with Gasteiger partial charge in [0.05, 0.1) is 10.7 Å². The predicted octanol–water partition coefficient (Wildman–Crippen LogP) is 2.64. The molecule has 0 aliphatic rings. The molecule has 0 radical (unpaired) electrons. The quantitative estimate of drug-likeness (QED) is 0.784. The third-order valence-electron chi connectivity index (χ3n) is 2.37. The predicted molar refractivity (Wildman–Crippen MR) is 63.0 cm³/mol. The molecule has 0 amide bonds. The van der Waals surface area contributed by atoms with Crippen molar-refractivity contribution in [2.45, 2.75) is 46.1 Å². The Morgan fingerprint density at radius 2 is 2.21 bits per heavy atom. The summed E-state index contributed by atoms with van der Waals surface area (Å²) in [5.74, 6) is 0. The topological polar surface area (TPSA) is 24.9 Å². The normalized spacial score (nSPS) is 13.1. The summed E-state index contributed by atoms with van der Waals surface area (Å²) in [4.78, 5) is 4.58. The molecule has 1 aromatic heterocycles. The first-order chi connectivity index (χ1) is 6.80. The molecule has 1 unspecified atom stereocenters. The van der Waals surface area contributed by atoms with Gasteiger partial charge in [0.15, 0.2) is 0 Å². The van der Waals surface area contributed by atoms with Crippen molar-refractivity contribution in [3.8, 4) is 0 Å². The van der Waals surface area contributed by atoms with Gasteiger partial charge < -0.3 is 5.32 Å². The van der Waals surface area contributed by atoms with Gasteiger partial charge in [-0.1, -0.05) is 20.8 Å². The van der Waals surface area contributed by atoms with Gasteiger partial charge in [-0.3, -0.25) is 0 Å². The maximum absolute atomic E-state index is 4.58. The van der Waals surface area contributed by atoms with E-state index in [1.807, 2.05) is 0 Å². The van der Waals surface area contributed by atoms with Crippen molar-refractivity contribution in [3.63, 3.8) is 0 Å². The largest absolute Gasteiger partial charge is 0.314 e. The summed E-state index contributed by atoms with van der Waals surface area (Å²) >= 11 is 1.79. The second kappa shape index (κ2) is 6.14. The summed E-state index contributed by atoms with van der Waals surface area (Å²) in [6, 6.07) is 0.593. The maximum Gasteiger partial charge on any atom is 0.0943 e. The van der Waals surface area contributed by atoms with Crippen LogP contribution in [-0.4, -0.2) is 17.6 Å². The fraction of sp³-hybridized carbons (Fsp3) is 0.727. The van der Waals surface area contributed by atoms with Crippen LogP contribution in [0.25, 0.3) is 0 Å². The number of thiazole rings is 1. The van der Waals surface area contributed by atoms with E-state index in [1.165, 1.54) is 17.1 Å². The van der Waals surface area contributed by atoms with Crippen molar-refractivity contribution in [1.29, 1.82) is 0 Å². The van der Waals surface area contributed by atoms with Crippen LogP contribution in [0.1, 0.15) is 37.9 Å². The van der Waals surface area contributed by atoms with Crippen LogP contribution in [0, 0.1) is 0 Å². The van der Waals surface area contributed by atoms with Crippen molar-refractivity contribution < 1.29 is 0 Å². The zero-order valence-electron chi connectivity index (χ0n) is 9.34. The highest BCUT2D eigenvalue weighted by atomic mass is 32.1. The smallest absolute Gasteiger partial charge is 0.0943 e. The molecule has 0 aliphatic heterocycles. The minimum Gasteiger partial charge on any atom is -0.314 e. The van der Waals surface area contributed by atoms with Gasteiger partial charge in [-0.15, -0.1) is 11.3 Å². The van der Waals surface area contributed by atoms with Crippen LogP contribution >= 0.6 is 11.3 Å². The second-order valence-corrected chi connectivity index (χ2v) is 4.40. The number of aryl methyl sites for hydroxylation is 1. The molecule has 1 heterocycles. The van der Waals surface area contributed by atoms with Crippen molar-refractivity contribution in [2.24, 2.45) is 0 Å². The molecule has 1 rings (SSSR count). The highest BCUT2D eigenvalue weighted by Gasteiger charge is 2.08. The summed E-state index contributed by atoms with van der Waals surface area (Å²) in [5, 5.41) is 6.92. The Labute approximate surface area is 90.8 Å². The molecule has 1 N–H and O–H groups in total. The fourth-order valence-electron chi connectivity index (χ4n) is 1.47. The van der Waals surface area contributed by atoms with Crippen molar-refractivity contribution >= 4 is 11.3 Å². The van der Waals surface area contributed by atoms with E-state index in [9.17, 15) is 0 Å². The molecule has 0 spiro atoms. The van der Waals surface area contributed by atoms with E-state index in [4.69, 9.17) is 0 Å². The Morgan fingerprint density at radius 1 is 1.43 bits per heavy atom. The number of likely N-dealkylation sites (N-methyl/N-ethyl adjacent to an activating group) is 1. The molecule has 0 bridgehead atoms. The van der Waals surface area contributed by atoms with Crippen LogP contribution in [-0.2, 0) is 12.8 Å². The van der Waals surface area contributed by atoms with Gasteiger partial charge in [-0.25, -0.2) is 4.98 Å². The van der Waals surface area contributed by atoms with Crippen molar-refractivity contribution in [3.05, 3.63) is 16.1 Å². The molecule has 0 aliphatic carbocycles. The van der Waals surface area contributed by atoms with Crippen LogP contribution in [0.3, 0.4) is 0 Å². The summed E-state index contributed by atoms with van der Waals surface area (Å²) in [6.45, 7) is 7.58. The average Bonchev–Trinajstić information content (AvgIpc) is 2.65. The SMILES string of the molecule is CCNC(CC)Cc1nc(CC)cs1. The van der Waals surface area contributed by atoms with E-state index < -0.39 is 0 Å². The van der Waals surface area contributed by atoms with E-state index in [2.05, 4.69) is 36.5 Å². The molecule has 1 aromatic rings. The Bertz CT molecular complexity index is 258. The summed E-state index contributed by atoms with van der Waals surface area (Å²) in [7, 11) is 0.